The van der Waals surface area contributed by atoms with Crippen molar-refractivity contribution in [2.75, 3.05) is 14.2 Å². The fraction of sp³-hybridized carbons (Fsp3) is 0.643. The van der Waals surface area contributed by atoms with E-state index in [0.717, 1.165) is 18.9 Å². The van der Waals surface area contributed by atoms with E-state index in [9.17, 15) is 4.79 Å². The van der Waals surface area contributed by atoms with E-state index in [4.69, 9.17) is 0 Å². The van der Waals surface area contributed by atoms with Gasteiger partial charge in [-0.1, -0.05) is 0 Å². The topological polar surface area (TPSA) is 43.3 Å². The molecule has 0 radical (unpaired) electrons. The SMILES string of the molecule is CNC(c1ccn(CCCC(=O)OC)c1)C1CC1. The second kappa shape index (κ2) is 6.05. The van der Waals surface area contributed by atoms with Gasteiger partial charge < -0.3 is 14.6 Å². The smallest absolute Gasteiger partial charge is 0.305 e. The highest BCUT2D eigenvalue weighted by Crippen LogP contribution is 2.40. The van der Waals surface area contributed by atoms with Gasteiger partial charge in [-0.05, 0) is 43.9 Å². The van der Waals surface area contributed by atoms with Crippen molar-refractivity contribution in [1.29, 1.82) is 0 Å². The molecular formula is C14H22N2O2. The van der Waals surface area contributed by atoms with E-state index in [-0.39, 0.29) is 5.97 Å². The Balaban J connectivity index is 1.83. The third-order valence-electron chi connectivity index (χ3n) is 3.56. The quantitative estimate of drug-likeness (QED) is 0.754. The summed E-state index contributed by atoms with van der Waals surface area (Å²) in [5, 5.41) is 3.39. The Kier molecular flexibility index (Phi) is 4.42. The molecule has 0 saturated heterocycles. The summed E-state index contributed by atoms with van der Waals surface area (Å²) in [6, 6.07) is 2.67. The molecule has 18 heavy (non-hydrogen) atoms. The second-order valence-electron chi connectivity index (χ2n) is 4.97. The standard InChI is InChI=1S/C14H22N2O2/c1-15-14(11-5-6-11)12-7-9-16(10-12)8-3-4-13(17)18-2/h7,9-11,14-15H,3-6,8H2,1-2H3. The number of rotatable bonds is 7. The lowest BCUT2D eigenvalue weighted by Gasteiger charge is -2.13. The minimum absolute atomic E-state index is 0.131. The molecule has 2 rings (SSSR count). The van der Waals surface area contributed by atoms with Gasteiger partial charge in [-0.2, -0.15) is 0 Å². The zero-order chi connectivity index (χ0) is 13.0. The second-order valence-corrected chi connectivity index (χ2v) is 4.97. The molecule has 0 aliphatic heterocycles. The summed E-state index contributed by atoms with van der Waals surface area (Å²) in [6.07, 6.45) is 8.27. The van der Waals surface area contributed by atoms with Crippen molar-refractivity contribution >= 4 is 5.97 Å². The average Bonchev–Trinajstić information content (AvgIpc) is 3.10. The molecule has 1 aromatic rings. The number of aromatic nitrogens is 1. The summed E-state index contributed by atoms with van der Waals surface area (Å²) in [7, 11) is 3.46. The Morgan fingerprint density at radius 3 is 3.00 bits per heavy atom. The van der Waals surface area contributed by atoms with Crippen LogP contribution in [0.4, 0.5) is 0 Å². The highest BCUT2D eigenvalue weighted by Gasteiger charge is 2.31. The first-order valence-electron chi connectivity index (χ1n) is 6.64. The highest BCUT2D eigenvalue weighted by molar-refractivity contribution is 5.68. The number of aryl methyl sites for hydroxylation is 1. The van der Waals surface area contributed by atoms with Crippen LogP contribution in [0.3, 0.4) is 0 Å². The molecule has 1 aliphatic rings. The van der Waals surface area contributed by atoms with E-state index in [1.807, 2.05) is 7.05 Å². The lowest BCUT2D eigenvalue weighted by atomic mass is 10.1. The molecule has 1 aromatic heterocycles. The van der Waals surface area contributed by atoms with Gasteiger partial charge in [-0.3, -0.25) is 4.79 Å². The maximum absolute atomic E-state index is 11.0. The molecule has 1 heterocycles. The van der Waals surface area contributed by atoms with Gasteiger partial charge in [0, 0.05) is 31.4 Å². The molecule has 0 bridgehead atoms. The van der Waals surface area contributed by atoms with Crippen molar-refractivity contribution in [2.45, 2.75) is 38.3 Å². The molecule has 1 fully saturated rings. The van der Waals surface area contributed by atoms with Gasteiger partial charge in [0.1, 0.15) is 0 Å². The van der Waals surface area contributed by atoms with Crippen LogP contribution in [0, 0.1) is 5.92 Å². The van der Waals surface area contributed by atoms with Crippen molar-refractivity contribution in [3.63, 3.8) is 0 Å². The van der Waals surface area contributed by atoms with Gasteiger partial charge in [0.2, 0.25) is 0 Å². The molecule has 0 amide bonds. The minimum atomic E-state index is -0.131. The first-order valence-corrected chi connectivity index (χ1v) is 6.64. The van der Waals surface area contributed by atoms with Crippen LogP contribution in [-0.4, -0.2) is 24.7 Å². The maximum Gasteiger partial charge on any atom is 0.305 e. The van der Waals surface area contributed by atoms with Crippen LogP contribution in [0.5, 0.6) is 0 Å². The Hall–Kier alpha value is -1.29. The van der Waals surface area contributed by atoms with Crippen LogP contribution in [0.25, 0.3) is 0 Å². The van der Waals surface area contributed by atoms with Crippen molar-refractivity contribution < 1.29 is 9.53 Å². The third kappa shape index (κ3) is 3.35. The van der Waals surface area contributed by atoms with Crippen LogP contribution in [0.1, 0.15) is 37.3 Å². The highest BCUT2D eigenvalue weighted by atomic mass is 16.5. The average molecular weight is 250 g/mol. The summed E-state index contributed by atoms with van der Waals surface area (Å²) in [4.78, 5) is 11.0. The van der Waals surface area contributed by atoms with Gasteiger partial charge in [-0.15, -0.1) is 0 Å². The van der Waals surface area contributed by atoms with E-state index in [0.29, 0.717) is 12.5 Å². The molecule has 1 aliphatic carbocycles. The first-order chi connectivity index (χ1) is 8.74. The monoisotopic (exact) mass is 250 g/mol. The zero-order valence-electron chi connectivity index (χ0n) is 11.2. The number of hydrogen-bond acceptors (Lipinski definition) is 3. The van der Waals surface area contributed by atoms with Crippen molar-refractivity contribution in [1.82, 2.24) is 9.88 Å². The van der Waals surface area contributed by atoms with Gasteiger partial charge in [-0.25, -0.2) is 0 Å². The van der Waals surface area contributed by atoms with Gasteiger partial charge in [0.25, 0.3) is 0 Å². The van der Waals surface area contributed by atoms with E-state index >= 15 is 0 Å². The van der Waals surface area contributed by atoms with Crippen molar-refractivity contribution in [3.8, 4) is 0 Å². The number of carbonyl (C=O) groups is 1. The van der Waals surface area contributed by atoms with Crippen LogP contribution in [0.2, 0.25) is 0 Å². The van der Waals surface area contributed by atoms with Crippen LogP contribution >= 0.6 is 0 Å². The maximum atomic E-state index is 11.0. The van der Waals surface area contributed by atoms with Gasteiger partial charge in [0.15, 0.2) is 0 Å². The molecular weight excluding hydrogens is 228 g/mol. The molecule has 0 aromatic carbocycles. The lowest BCUT2D eigenvalue weighted by molar-refractivity contribution is -0.140. The predicted molar refractivity (Wildman–Crippen MR) is 70.2 cm³/mol. The van der Waals surface area contributed by atoms with Crippen LogP contribution in [0.15, 0.2) is 18.5 Å². The Labute approximate surface area is 108 Å². The Morgan fingerprint density at radius 1 is 1.61 bits per heavy atom. The van der Waals surface area contributed by atoms with E-state index < -0.39 is 0 Å². The largest absolute Gasteiger partial charge is 0.469 e. The lowest BCUT2D eigenvalue weighted by Crippen LogP contribution is -2.17. The normalized spacial score (nSPS) is 16.6. The number of methoxy groups -OCH3 is 1. The molecule has 1 atom stereocenters. The molecule has 100 valence electrons. The van der Waals surface area contributed by atoms with Crippen molar-refractivity contribution in [2.24, 2.45) is 5.92 Å². The fourth-order valence-electron chi connectivity index (χ4n) is 2.39. The van der Waals surface area contributed by atoms with Gasteiger partial charge in [0.05, 0.1) is 7.11 Å². The Morgan fingerprint density at radius 2 is 2.39 bits per heavy atom. The van der Waals surface area contributed by atoms with E-state index in [2.05, 4.69) is 33.1 Å². The molecule has 4 heteroatoms. The zero-order valence-corrected chi connectivity index (χ0v) is 11.2. The van der Waals surface area contributed by atoms with Crippen molar-refractivity contribution in [3.05, 3.63) is 24.0 Å². The number of esters is 1. The van der Waals surface area contributed by atoms with Gasteiger partial charge >= 0.3 is 5.97 Å². The summed E-state index contributed by atoms with van der Waals surface area (Å²) < 4.78 is 6.79. The fourth-order valence-corrected chi connectivity index (χ4v) is 2.39. The van der Waals surface area contributed by atoms with Crippen LogP contribution in [-0.2, 0) is 16.1 Å². The van der Waals surface area contributed by atoms with E-state index in [1.165, 1.54) is 25.5 Å². The molecule has 1 N–H and O–H groups in total. The van der Waals surface area contributed by atoms with Crippen LogP contribution < -0.4 is 5.32 Å². The first kappa shape index (κ1) is 13.1. The molecule has 1 unspecified atom stereocenters. The summed E-state index contributed by atoms with van der Waals surface area (Å²) in [5.74, 6) is 0.675. The van der Waals surface area contributed by atoms with E-state index in [1.54, 1.807) is 0 Å². The third-order valence-corrected chi connectivity index (χ3v) is 3.56. The number of nitrogens with one attached hydrogen (secondary N) is 1. The molecule has 4 nitrogen and oxygen atoms in total. The predicted octanol–water partition coefficient (Wildman–Crippen LogP) is 2.11. The summed E-state index contributed by atoms with van der Waals surface area (Å²) in [6.45, 7) is 0.871. The number of nitrogens with zero attached hydrogens (tertiary/aromatic N) is 1. The molecule has 0 spiro atoms. The number of ether oxygens (including phenoxy) is 1. The minimum Gasteiger partial charge on any atom is -0.469 e. The number of carbonyl (C=O) groups excluding carboxylic acids is 1. The number of hydrogen-bond donors (Lipinski definition) is 1. The summed E-state index contributed by atoms with van der Waals surface area (Å²) >= 11 is 0. The summed E-state index contributed by atoms with van der Waals surface area (Å²) in [5.41, 5.74) is 1.36. The molecule has 1 saturated carbocycles. The Bertz CT molecular complexity index is 396.